The maximum atomic E-state index is 11.7. The molecule has 0 aliphatic carbocycles. The molecular formula is C24H51IN2O2. The van der Waals surface area contributed by atoms with Crippen LogP contribution in [0, 0.1) is 0 Å². The number of nitrogens with zero attached hydrogens (tertiary/aromatic N) is 1. The van der Waals surface area contributed by atoms with Gasteiger partial charge in [0.1, 0.15) is 0 Å². The van der Waals surface area contributed by atoms with Crippen molar-refractivity contribution in [1.29, 1.82) is 0 Å². The van der Waals surface area contributed by atoms with Crippen LogP contribution in [0.15, 0.2) is 0 Å². The van der Waals surface area contributed by atoms with E-state index in [1.165, 1.54) is 77.0 Å². The highest BCUT2D eigenvalue weighted by Gasteiger charge is 2.07. The first kappa shape index (κ1) is 31.3. The van der Waals surface area contributed by atoms with Crippen molar-refractivity contribution >= 4 is 5.91 Å². The molecule has 0 saturated carbocycles. The Bertz CT molecular complexity index is 346. The van der Waals surface area contributed by atoms with Crippen LogP contribution in [-0.4, -0.2) is 57.8 Å². The van der Waals surface area contributed by atoms with E-state index in [4.69, 9.17) is 4.74 Å². The fraction of sp³-hybridized carbons (Fsp3) is 0.958. The summed E-state index contributed by atoms with van der Waals surface area (Å²) in [5.74, 6) is 0.175. The van der Waals surface area contributed by atoms with Crippen LogP contribution in [0.25, 0.3) is 0 Å². The smallest absolute Gasteiger partial charge is 0.220 e. The van der Waals surface area contributed by atoms with Crippen molar-refractivity contribution in [2.45, 2.75) is 103 Å². The number of likely N-dealkylation sites (N-methyl/N-ethyl adjacent to an activating group) is 1. The van der Waals surface area contributed by atoms with E-state index in [9.17, 15) is 4.79 Å². The molecule has 0 aromatic rings. The molecule has 0 saturated heterocycles. The number of carbonyl (C=O) groups is 1. The van der Waals surface area contributed by atoms with Crippen LogP contribution < -0.4 is 29.3 Å². The largest absolute Gasteiger partial charge is 1.00 e. The molecule has 0 heterocycles. The molecule has 0 aliphatic rings. The summed E-state index contributed by atoms with van der Waals surface area (Å²) in [6, 6.07) is 0. The van der Waals surface area contributed by atoms with E-state index in [1.807, 2.05) is 0 Å². The van der Waals surface area contributed by atoms with Gasteiger partial charge in [-0.2, -0.15) is 0 Å². The molecule has 0 rings (SSSR count). The van der Waals surface area contributed by atoms with Gasteiger partial charge in [-0.3, -0.25) is 4.79 Å². The molecule has 1 N–H and O–H groups in total. The standard InChI is InChI=1S/C24H50N2O2.HI/c1-5-6-7-8-9-10-11-12-13-14-15-17-22-28-23-18-16-19-24(27)25-20-21-26(2,3)4;/h5-23H2,1-4H3;1H. The van der Waals surface area contributed by atoms with Crippen molar-refractivity contribution in [3.05, 3.63) is 0 Å². The highest BCUT2D eigenvalue weighted by atomic mass is 127. The zero-order valence-corrected chi connectivity index (χ0v) is 22.2. The summed E-state index contributed by atoms with van der Waals surface area (Å²) in [6.07, 6.45) is 19.1. The molecule has 4 nitrogen and oxygen atoms in total. The highest BCUT2D eigenvalue weighted by Crippen LogP contribution is 2.12. The maximum absolute atomic E-state index is 11.7. The number of halogens is 1. The molecular weight excluding hydrogens is 475 g/mol. The van der Waals surface area contributed by atoms with Gasteiger partial charge < -0.3 is 38.5 Å². The fourth-order valence-electron chi connectivity index (χ4n) is 3.26. The van der Waals surface area contributed by atoms with Crippen molar-refractivity contribution in [2.24, 2.45) is 0 Å². The van der Waals surface area contributed by atoms with E-state index in [0.717, 1.165) is 43.6 Å². The number of carbonyl (C=O) groups excluding carboxylic acids is 1. The first-order chi connectivity index (χ1) is 13.5. The average Bonchev–Trinajstić information content (AvgIpc) is 2.63. The minimum absolute atomic E-state index is 0. The molecule has 0 fully saturated rings. The number of amides is 1. The van der Waals surface area contributed by atoms with Crippen LogP contribution in [0.4, 0.5) is 0 Å². The van der Waals surface area contributed by atoms with Crippen LogP contribution in [0.2, 0.25) is 0 Å². The van der Waals surface area contributed by atoms with Gasteiger partial charge in [0.25, 0.3) is 0 Å². The van der Waals surface area contributed by atoms with Gasteiger partial charge in [0.2, 0.25) is 5.91 Å². The van der Waals surface area contributed by atoms with E-state index in [2.05, 4.69) is 33.4 Å². The molecule has 1 amide bonds. The van der Waals surface area contributed by atoms with E-state index >= 15 is 0 Å². The summed E-state index contributed by atoms with van der Waals surface area (Å²) in [5.41, 5.74) is 0. The predicted octanol–water partition coefficient (Wildman–Crippen LogP) is 2.70. The number of ether oxygens (including phenoxy) is 1. The average molecular weight is 527 g/mol. The Morgan fingerprint density at radius 3 is 1.66 bits per heavy atom. The number of quaternary nitrogens is 1. The highest BCUT2D eigenvalue weighted by molar-refractivity contribution is 5.75. The van der Waals surface area contributed by atoms with Gasteiger partial charge in [0, 0.05) is 19.6 Å². The lowest BCUT2D eigenvalue weighted by Crippen LogP contribution is -3.00. The van der Waals surface area contributed by atoms with Gasteiger partial charge in [-0.25, -0.2) is 0 Å². The number of hydrogen-bond acceptors (Lipinski definition) is 2. The zero-order chi connectivity index (χ0) is 20.9. The summed E-state index contributed by atoms with van der Waals surface area (Å²) in [6.45, 7) is 5.68. The molecule has 0 bridgehead atoms. The summed E-state index contributed by atoms with van der Waals surface area (Å²) >= 11 is 0. The Morgan fingerprint density at radius 1 is 0.724 bits per heavy atom. The lowest BCUT2D eigenvalue weighted by molar-refractivity contribution is -0.869. The maximum Gasteiger partial charge on any atom is 0.220 e. The van der Waals surface area contributed by atoms with Gasteiger partial charge >= 0.3 is 0 Å². The second-order valence-electron chi connectivity index (χ2n) is 9.32. The quantitative estimate of drug-likeness (QED) is 0.142. The van der Waals surface area contributed by atoms with Crippen molar-refractivity contribution in [1.82, 2.24) is 5.32 Å². The first-order valence-electron chi connectivity index (χ1n) is 12.1. The van der Waals surface area contributed by atoms with Gasteiger partial charge in [-0.15, -0.1) is 0 Å². The number of rotatable bonds is 21. The third kappa shape index (κ3) is 28.1. The van der Waals surface area contributed by atoms with E-state index < -0.39 is 0 Å². The second-order valence-corrected chi connectivity index (χ2v) is 9.32. The van der Waals surface area contributed by atoms with Crippen molar-refractivity contribution in [2.75, 3.05) is 47.4 Å². The van der Waals surface area contributed by atoms with Gasteiger partial charge in [-0.1, -0.05) is 77.6 Å². The van der Waals surface area contributed by atoms with Crippen LogP contribution in [0.3, 0.4) is 0 Å². The summed E-state index contributed by atoms with van der Waals surface area (Å²) in [7, 11) is 6.42. The Balaban J connectivity index is 0. The Hall–Kier alpha value is 0.120. The van der Waals surface area contributed by atoms with Crippen LogP contribution in [0.5, 0.6) is 0 Å². The Morgan fingerprint density at radius 2 is 1.17 bits per heavy atom. The molecule has 0 aromatic carbocycles. The second kappa shape index (κ2) is 22.8. The monoisotopic (exact) mass is 526 g/mol. The Kier molecular flexibility index (Phi) is 24.6. The fourth-order valence-corrected chi connectivity index (χ4v) is 3.26. The zero-order valence-electron chi connectivity index (χ0n) is 20.1. The van der Waals surface area contributed by atoms with Crippen LogP contribution in [0.1, 0.15) is 103 Å². The summed E-state index contributed by atoms with van der Waals surface area (Å²) in [4.78, 5) is 11.7. The normalized spacial score (nSPS) is 11.3. The van der Waals surface area contributed by atoms with Crippen molar-refractivity contribution < 1.29 is 38.0 Å². The topological polar surface area (TPSA) is 38.3 Å². The molecule has 0 aromatic heterocycles. The molecule has 0 spiro atoms. The molecule has 29 heavy (non-hydrogen) atoms. The van der Waals surface area contributed by atoms with E-state index in [-0.39, 0.29) is 29.9 Å². The number of nitrogens with one attached hydrogen (secondary N) is 1. The molecule has 5 heteroatoms. The van der Waals surface area contributed by atoms with Crippen LogP contribution in [-0.2, 0) is 9.53 Å². The molecule has 0 unspecified atom stereocenters. The predicted molar refractivity (Wildman–Crippen MR) is 122 cm³/mol. The summed E-state index contributed by atoms with van der Waals surface area (Å²) in [5, 5.41) is 3.00. The minimum atomic E-state index is 0. The molecule has 0 aliphatic heterocycles. The van der Waals surface area contributed by atoms with Gasteiger partial charge in [0.05, 0.1) is 34.2 Å². The van der Waals surface area contributed by atoms with Crippen molar-refractivity contribution in [3.8, 4) is 0 Å². The van der Waals surface area contributed by atoms with Gasteiger partial charge in [-0.05, 0) is 19.3 Å². The van der Waals surface area contributed by atoms with Crippen LogP contribution >= 0.6 is 0 Å². The third-order valence-corrected chi connectivity index (χ3v) is 5.19. The SMILES string of the molecule is CCCCCCCCCCCCCCOCCCCC(=O)NCC[N+](C)(C)C.[I-]. The first-order valence-corrected chi connectivity index (χ1v) is 12.1. The lowest BCUT2D eigenvalue weighted by Gasteiger charge is -2.23. The van der Waals surface area contributed by atoms with Crippen molar-refractivity contribution in [3.63, 3.8) is 0 Å². The third-order valence-electron chi connectivity index (χ3n) is 5.19. The number of unbranched alkanes of at least 4 members (excludes halogenated alkanes) is 12. The molecule has 0 atom stereocenters. The Labute approximate surface area is 199 Å². The van der Waals surface area contributed by atoms with E-state index in [1.54, 1.807) is 0 Å². The lowest BCUT2D eigenvalue weighted by atomic mass is 10.1. The van der Waals surface area contributed by atoms with E-state index in [0.29, 0.717) is 6.42 Å². The minimum Gasteiger partial charge on any atom is -1.00 e. The number of hydrogen-bond donors (Lipinski definition) is 1. The van der Waals surface area contributed by atoms with Gasteiger partial charge in [0.15, 0.2) is 0 Å². The summed E-state index contributed by atoms with van der Waals surface area (Å²) < 4.78 is 6.58. The molecule has 0 radical (unpaired) electrons. The molecule has 176 valence electrons.